The summed E-state index contributed by atoms with van der Waals surface area (Å²) >= 11 is 0. The van der Waals surface area contributed by atoms with Crippen molar-refractivity contribution in [2.75, 3.05) is 60.0 Å². The van der Waals surface area contributed by atoms with Crippen molar-refractivity contribution in [2.24, 2.45) is 11.3 Å². The van der Waals surface area contributed by atoms with E-state index in [2.05, 4.69) is 36.0 Å². The molecule has 0 saturated carbocycles. The van der Waals surface area contributed by atoms with E-state index in [1.807, 2.05) is 0 Å². The highest BCUT2D eigenvalue weighted by Gasteiger charge is 2.47. The van der Waals surface area contributed by atoms with Crippen molar-refractivity contribution in [3.63, 3.8) is 0 Å². The van der Waals surface area contributed by atoms with Gasteiger partial charge in [-0.3, -0.25) is 4.90 Å². The van der Waals surface area contributed by atoms with E-state index in [-0.39, 0.29) is 12.4 Å². The molecule has 0 amide bonds. The Hall–Kier alpha value is 0.130. The maximum absolute atomic E-state index is 5.14. The summed E-state index contributed by atoms with van der Waals surface area (Å²) in [6.45, 7) is 13.0. The highest BCUT2D eigenvalue weighted by Crippen LogP contribution is 2.39. The molecule has 2 fully saturated rings. The average molecular weight is 334 g/mol. The van der Waals surface area contributed by atoms with Gasteiger partial charge in [-0.25, -0.2) is 0 Å². The van der Waals surface area contributed by atoms with Gasteiger partial charge in [0.25, 0.3) is 0 Å². The fraction of sp³-hybridized carbons (Fsp3) is 1.00. The lowest BCUT2D eigenvalue weighted by Gasteiger charge is -2.52. The second kappa shape index (κ2) is 9.43. The molecule has 0 bridgehead atoms. The summed E-state index contributed by atoms with van der Waals surface area (Å²) in [6, 6.07) is 0.770. The van der Waals surface area contributed by atoms with Crippen LogP contribution in [-0.4, -0.2) is 75.9 Å². The highest BCUT2D eigenvalue weighted by atomic mass is 35.5. The maximum atomic E-state index is 5.14. The molecule has 0 radical (unpaired) electrons. The van der Waals surface area contributed by atoms with Crippen LogP contribution in [0.1, 0.15) is 33.1 Å². The van der Waals surface area contributed by atoms with Crippen molar-refractivity contribution in [3.05, 3.63) is 0 Å². The fourth-order valence-corrected chi connectivity index (χ4v) is 3.98. The monoisotopic (exact) mass is 333 g/mol. The normalized spacial score (nSPS) is 22.1. The Morgan fingerprint density at radius 3 is 2.55 bits per heavy atom. The Balaban J connectivity index is 0.00000242. The van der Waals surface area contributed by atoms with Crippen LogP contribution in [0.2, 0.25) is 0 Å². The number of halogens is 1. The van der Waals surface area contributed by atoms with Crippen molar-refractivity contribution in [1.82, 2.24) is 15.1 Å². The van der Waals surface area contributed by atoms with E-state index in [9.17, 15) is 0 Å². The molecule has 4 nitrogen and oxygen atoms in total. The van der Waals surface area contributed by atoms with Gasteiger partial charge in [-0.1, -0.05) is 13.8 Å². The third-order valence-electron chi connectivity index (χ3n) is 5.36. The Bertz CT molecular complexity index is 300. The van der Waals surface area contributed by atoms with E-state index < -0.39 is 0 Å². The lowest BCUT2D eigenvalue weighted by atomic mass is 9.76. The summed E-state index contributed by atoms with van der Waals surface area (Å²) in [6.07, 6.45) is 4.01. The number of likely N-dealkylation sites (tertiary alicyclic amines) is 1. The van der Waals surface area contributed by atoms with Crippen LogP contribution in [-0.2, 0) is 4.74 Å². The first-order valence-corrected chi connectivity index (χ1v) is 8.68. The first kappa shape index (κ1) is 20.2. The molecule has 22 heavy (non-hydrogen) atoms. The van der Waals surface area contributed by atoms with E-state index in [0.717, 1.165) is 25.1 Å². The standard InChI is InChI=1S/C17H35N3O.ClH/c1-15(2)16(6-5-9-19(3)10-11-21-4)20-13-17(14-20)7-8-18-12-17;/h15-16,18H,5-14H2,1-4H3;1H/t16-;/m0./s1. The Morgan fingerprint density at radius 2 is 2.00 bits per heavy atom. The molecular weight excluding hydrogens is 298 g/mol. The predicted octanol–water partition coefficient (Wildman–Crippen LogP) is 2.09. The second-order valence-corrected chi connectivity index (χ2v) is 7.58. The maximum Gasteiger partial charge on any atom is 0.0589 e. The molecule has 2 aliphatic rings. The topological polar surface area (TPSA) is 27.7 Å². The molecule has 1 spiro atoms. The fourth-order valence-electron chi connectivity index (χ4n) is 3.98. The number of rotatable bonds is 9. The van der Waals surface area contributed by atoms with Gasteiger partial charge in [-0.05, 0) is 45.3 Å². The van der Waals surface area contributed by atoms with Gasteiger partial charge in [-0.2, -0.15) is 0 Å². The lowest BCUT2D eigenvalue weighted by Crippen LogP contribution is -2.61. The number of likely N-dealkylation sites (N-methyl/N-ethyl adjacent to an activating group) is 1. The average Bonchev–Trinajstić information content (AvgIpc) is 2.89. The molecule has 1 atom stereocenters. The molecule has 2 rings (SSSR count). The van der Waals surface area contributed by atoms with Gasteiger partial charge in [0.15, 0.2) is 0 Å². The number of methoxy groups -OCH3 is 1. The van der Waals surface area contributed by atoms with E-state index in [1.165, 1.54) is 52.0 Å². The smallest absolute Gasteiger partial charge is 0.0589 e. The van der Waals surface area contributed by atoms with Crippen LogP contribution in [0.3, 0.4) is 0 Å². The molecule has 0 aromatic carbocycles. The van der Waals surface area contributed by atoms with Gasteiger partial charge in [-0.15, -0.1) is 12.4 Å². The van der Waals surface area contributed by atoms with Crippen molar-refractivity contribution in [2.45, 2.75) is 39.2 Å². The van der Waals surface area contributed by atoms with Crippen LogP contribution >= 0.6 is 12.4 Å². The number of ether oxygens (including phenoxy) is 1. The number of nitrogens with zero attached hydrogens (tertiary/aromatic N) is 2. The molecule has 132 valence electrons. The number of nitrogens with one attached hydrogen (secondary N) is 1. The summed E-state index contributed by atoms with van der Waals surface area (Å²) in [4.78, 5) is 5.13. The summed E-state index contributed by atoms with van der Waals surface area (Å²) in [5.41, 5.74) is 0.627. The minimum Gasteiger partial charge on any atom is -0.383 e. The van der Waals surface area contributed by atoms with Gasteiger partial charge < -0.3 is 15.0 Å². The first-order chi connectivity index (χ1) is 10.1. The van der Waals surface area contributed by atoms with Gasteiger partial charge in [0.05, 0.1) is 6.61 Å². The molecule has 0 aliphatic carbocycles. The van der Waals surface area contributed by atoms with Gasteiger partial charge in [0.1, 0.15) is 0 Å². The zero-order chi connectivity index (χ0) is 15.3. The molecule has 0 unspecified atom stereocenters. The molecule has 2 saturated heterocycles. The van der Waals surface area contributed by atoms with Crippen LogP contribution in [0.25, 0.3) is 0 Å². The number of hydrogen-bond donors (Lipinski definition) is 1. The first-order valence-electron chi connectivity index (χ1n) is 8.68. The van der Waals surface area contributed by atoms with Crippen molar-refractivity contribution >= 4 is 12.4 Å². The molecule has 0 aromatic rings. The summed E-state index contributed by atoms with van der Waals surface area (Å²) in [7, 11) is 3.98. The van der Waals surface area contributed by atoms with E-state index in [0.29, 0.717) is 5.41 Å². The zero-order valence-corrected chi connectivity index (χ0v) is 15.8. The highest BCUT2D eigenvalue weighted by molar-refractivity contribution is 5.85. The summed E-state index contributed by atoms with van der Waals surface area (Å²) in [5, 5.41) is 3.54. The largest absolute Gasteiger partial charge is 0.383 e. The van der Waals surface area contributed by atoms with Gasteiger partial charge >= 0.3 is 0 Å². The van der Waals surface area contributed by atoms with Crippen molar-refractivity contribution in [3.8, 4) is 0 Å². The summed E-state index contributed by atoms with van der Waals surface area (Å²) < 4.78 is 5.14. The van der Waals surface area contributed by atoms with E-state index >= 15 is 0 Å². The second-order valence-electron chi connectivity index (χ2n) is 7.58. The molecule has 2 heterocycles. The van der Waals surface area contributed by atoms with Crippen LogP contribution in [0, 0.1) is 11.3 Å². The summed E-state index contributed by atoms with van der Waals surface area (Å²) in [5.74, 6) is 0.765. The zero-order valence-electron chi connectivity index (χ0n) is 14.9. The van der Waals surface area contributed by atoms with Crippen LogP contribution in [0.4, 0.5) is 0 Å². The molecule has 5 heteroatoms. The predicted molar refractivity (Wildman–Crippen MR) is 96.0 cm³/mol. The molecule has 2 aliphatic heterocycles. The van der Waals surface area contributed by atoms with E-state index in [1.54, 1.807) is 7.11 Å². The third-order valence-corrected chi connectivity index (χ3v) is 5.36. The molecular formula is C17H36ClN3O. The SMILES string of the molecule is COCCN(C)CCC[C@@H](C(C)C)N1CC2(CCNC2)C1.Cl. The minimum atomic E-state index is 0. The quantitative estimate of drug-likeness (QED) is 0.699. The molecule has 1 N–H and O–H groups in total. The van der Waals surface area contributed by atoms with E-state index in [4.69, 9.17) is 4.74 Å². The Kier molecular flexibility index (Phi) is 8.65. The molecule has 0 aromatic heterocycles. The Labute approximate surface area is 143 Å². The lowest BCUT2D eigenvalue weighted by molar-refractivity contribution is -0.0354. The Morgan fingerprint density at radius 1 is 1.27 bits per heavy atom. The van der Waals surface area contributed by atoms with Crippen LogP contribution in [0.5, 0.6) is 0 Å². The number of hydrogen-bond acceptors (Lipinski definition) is 4. The van der Waals surface area contributed by atoms with Crippen molar-refractivity contribution in [1.29, 1.82) is 0 Å². The third kappa shape index (κ3) is 5.34. The van der Waals surface area contributed by atoms with Crippen molar-refractivity contribution < 1.29 is 4.74 Å². The minimum absolute atomic E-state index is 0. The van der Waals surface area contributed by atoms with Gasteiger partial charge in [0, 0.05) is 44.7 Å². The van der Waals surface area contributed by atoms with Crippen LogP contribution < -0.4 is 5.32 Å². The van der Waals surface area contributed by atoms with Crippen LogP contribution in [0.15, 0.2) is 0 Å². The van der Waals surface area contributed by atoms with Gasteiger partial charge in [0.2, 0.25) is 0 Å².